The van der Waals surface area contributed by atoms with Crippen molar-refractivity contribution in [2.45, 2.75) is 11.7 Å². The Morgan fingerprint density at radius 1 is 1.44 bits per heavy atom. The van der Waals surface area contributed by atoms with Gasteiger partial charge in [0.25, 0.3) is 0 Å². The molecule has 2 rings (SSSR count). The summed E-state index contributed by atoms with van der Waals surface area (Å²) in [5.74, 6) is -0.176. The third kappa shape index (κ3) is 2.42. The van der Waals surface area contributed by atoms with Gasteiger partial charge in [-0.25, -0.2) is 18.4 Å². The predicted molar refractivity (Wildman–Crippen MR) is 62.3 cm³/mol. The Morgan fingerprint density at radius 2 is 2.17 bits per heavy atom. The lowest BCUT2D eigenvalue weighted by Gasteiger charge is -2.13. The molecule has 1 aliphatic heterocycles. The molecule has 0 bridgehead atoms. The van der Waals surface area contributed by atoms with Crippen molar-refractivity contribution in [2.24, 2.45) is 0 Å². The van der Waals surface area contributed by atoms with E-state index in [-0.39, 0.29) is 30.4 Å². The molecule has 1 amide bonds. The van der Waals surface area contributed by atoms with Gasteiger partial charge in [-0.3, -0.25) is 9.69 Å². The molecule has 0 aliphatic carbocycles. The lowest BCUT2D eigenvalue weighted by molar-refractivity contribution is -0.117. The van der Waals surface area contributed by atoms with Gasteiger partial charge in [0.1, 0.15) is 11.3 Å². The number of aromatic nitrogens is 2. The second-order valence-electron chi connectivity index (χ2n) is 3.68. The maximum atomic E-state index is 11.7. The first-order chi connectivity index (χ1) is 8.41. The van der Waals surface area contributed by atoms with Crippen LogP contribution in [-0.4, -0.2) is 36.1 Å². The van der Waals surface area contributed by atoms with Crippen LogP contribution >= 0.6 is 10.7 Å². The van der Waals surface area contributed by atoms with E-state index in [9.17, 15) is 13.2 Å². The molecular formula is C9H7ClN4O3S. The predicted octanol–water partition coefficient (Wildman–Crippen LogP) is 0.0222. The van der Waals surface area contributed by atoms with Crippen LogP contribution in [0.4, 0.5) is 5.82 Å². The topological polar surface area (TPSA) is 104 Å². The molecule has 18 heavy (non-hydrogen) atoms. The number of hydrogen-bond acceptors (Lipinski definition) is 6. The average molecular weight is 287 g/mol. The van der Waals surface area contributed by atoms with Crippen LogP contribution in [-0.2, 0) is 13.8 Å². The molecule has 1 aromatic rings. The van der Waals surface area contributed by atoms with E-state index in [4.69, 9.17) is 15.9 Å². The minimum atomic E-state index is -3.78. The van der Waals surface area contributed by atoms with Crippen LogP contribution in [0.5, 0.6) is 0 Å². The first kappa shape index (κ1) is 12.7. The molecule has 0 aromatic carbocycles. The maximum Gasteiger partial charge on any atom is 0.237 e. The molecule has 1 aliphatic rings. The van der Waals surface area contributed by atoms with E-state index in [1.165, 1.54) is 17.3 Å². The molecule has 0 saturated carbocycles. The summed E-state index contributed by atoms with van der Waals surface area (Å²) in [4.78, 5) is 20.5. The molecule has 1 saturated heterocycles. The van der Waals surface area contributed by atoms with Crippen LogP contribution < -0.4 is 4.90 Å². The summed E-state index contributed by atoms with van der Waals surface area (Å²) in [7, 11) is 1.44. The minimum absolute atomic E-state index is 0.0504. The fraction of sp³-hybridized carbons (Fsp3) is 0.333. The van der Waals surface area contributed by atoms with Crippen molar-refractivity contribution < 1.29 is 13.2 Å². The van der Waals surface area contributed by atoms with E-state index in [0.29, 0.717) is 0 Å². The largest absolute Gasteiger partial charge is 0.294 e. The van der Waals surface area contributed by atoms with Gasteiger partial charge in [-0.15, -0.1) is 0 Å². The number of amides is 1. The normalized spacial score (nSPS) is 19.9. The molecule has 2 heterocycles. The average Bonchev–Trinajstić information content (AvgIpc) is 2.71. The van der Waals surface area contributed by atoms with E-state index in [1.54, 1.807) is 6.07 Å². The molecule has 1 unspecified atom stereocenters. The fourth-order valence-electron chi connectivity index (χ4n) is 1.60. The monoisotopic (exact) mass is 286 g/mol. The first-order valence-corrected chi connectivity index (χ1v) is 7.25. The van der Waals surface area contributed by atoms with Gasteiger partial charge in [0.2, 0.25) is 15.0 Å². The first-order valence-electron chi connectivity index (χ1n) is 4.88. The Bertz CT molecular complexity index is 622. The number of anilines is 1. The Morgan fingerprint density at radius 3 is 2.61 bits per heavy atom. The molecule has 9 heteroatoms. The van der Waals surface area contributed by atoms with Crippen molar-refractivity contribution in [3.63, 3.8) is 0 Å². The summed E-state index contributed by atoms with van der Waals surface area (Å²) in [6.45, 7) is -0.0504. The Kier molecular flexibility index (Phi) is 3.19. The summed E-state index contributed by atoms with van der Waals surface area (Å²) in [6.07, 6.45) is 2.29. The van der Waals surface area contributed by atoms with Crippen LogP contribution in [0.2, 0.25) is 0 Å². The van der Waals surface area contributed by atoms with Gasteiger partial charge in [-0.1, -0.05) is 0 Å². The van der Waals surface area contributed by atoms with E-state index in [0.717, 1.165) is 0 Å². The molecular weight excluding hydrogens is 280 g/mol. The fourth-order valence-corrected chi connectivity index (χ4v) is 2.63. The summed E-state index contributed by atoms with van der Waals surface area (Å²) >= 11 is 0. The highest BCUT2D eigenvalue weighted by Gasteiger charge is 2.38. The van der Waals surface area contributed by atoms with Gasteiger partial charge in [-0.2, -0.15) is 5.26 Å². The van der Waals surface area contributed by atoms with Gasteiger partial charge in [0.15, 0.2) is 11.5 Å². The Balaban J connectivity index is 2.25. The zero-order valence-corrected chi connectivity index (χ0v) is 10.5. The van der Waals surface area contributed by atoms with E-state index >= 15 is 0 Å². The Hall–Kier alpha value is -1.72. The van der Waals surface area contributed by atoms with Crippen LogP contribution in [0.1, 0.15) is 12.1 Å². The lowest BCUT2D eigenvalue weighted by Crippen LogP contribution is -2.27. The van der Waals surface area contributed by atoms with Crippen molar-refractivity contribution in [3.8, 4) is 6.07 Å². The van der Waals surface area contributed by atoms with Gasteiger partial charge >= 0.3 is 0 Å². The molecule has 1 fully saturated rings. The van der Waals surface area contributed by atoms with Crippen molar-refractivity contribution in [2.75, 3.05) is 11.4 Å². The SMILES string of the molecule is N#Cc1cnc(N2CC(S(=O)(=O)Cl)CC2=O)cn1. The van der Waals surface area contributed by atoms with Crippen LogP contribution in [0.25, 0.3) is 0 Å². The summed E-state index contributed by atoms with van der Waals surface area (Å²) in [5.41, 5.74) is 0.118. The van der Waals surface area contributed by atoms with Crippen LogP contribution in [0, 0.1) is 11.3 Å². The molecule has 0 N–H and O–H groups in total. The minimum Gasteiger partial charge on any atom is -0.294 e. The zero-order chi connectivity index (χ0) is 13.3. The van der Waals surface area contributed by atoms with Gasteiger partial charge in [0.05, 0.1) is 12.4 Å². The quantitative estimate of drug-likeness (QED) is 0.710. The molecule has 0 spiro atoms. The van der Waals surface area contributed by atoms with Crippen molar-refractivity contribution >= 4 is 31.5 Å². The summed E-state index contributed by atoms with van der Waals surface area (Å²) < 4.78 is 22.3. The number of rotatable bonds is 2. The van der Waals surface area contributed by atoms with E-state index in [1.807, 2.05) is 0 Å². The molecule has 7 nitrogen and oxygen atoms in total. The number of nitriles is 1. The maximum absolute atomic E-state index is 11.7. The molecule has 0 radical (unpaired) electrons. The third-order valence-corrected chi connectivity index (χ3v) is 4.38. The van der Waals surface area contributed by atoms with Gasteiger partial charge in [0, 0.05) is 23.6 Å². The number of nitrogens with zero attached hydrogens (tertiary/aromatic N) is 4. The molecule has 1 atom stereocenters. The highest BCUT2D eigenvalue weighted by Crippen LogP contribution is 2.24. The van der Waals surface area contributed by atoms with E-state index in [2.05, 4.69) is 9.97 Å². The van der Waals surface area contributed by atoms with Crippen molar-refractivity contribution in [1.82, 2.24) is 9.97 Å². The number of hydrogen-bond donors (Lipinski definition) is 0. The van der Waals surface area contributed by atoms with Gasteiger partial charge in [-0.05, 0) is 0 Å². The van der Waals surface area contributed by atoms with Crippen molar-refractivity contribution in [3.05, 3.63) is 18.1 Å². The van der Waals surface area contributed by atoms with E-state index < -0.39 is 14.3 Å². The van der Waals surface area contributed by atoms with Gasteiger partial charge < -0.3 is 0 Å². The number of halogens is 1. The highest BCUT2D eigenvalue weighted by atomic mass is 35.7. The molecule has 1 aromatic heterocycles. The smallest absolute Gasteiger partial charge is 0.237 e. The zero-order valence-electron chi connectivity index (χ0n) is 8.95. The summed E-state index contributed by atoms with van der Waals surface area (Å²) in [5, 5.41) is 7.62. The number of carbonyl (C=O) groups is 1. The third-order valence-electron chi connectivity index (χ3n) is 2.52. The van der Waals surface area contributed by atoms with Crippen molar-refractivity contribution in [1.29, 1.82) is 5.26 Å². The highest BCUT2D eigenvalue weighted by molar-refractivity contribution is 8.14. The van der Waals surface area contributed by atoms with Crippen LogP contribution in [0.3, 0.4) is 0 Å². The van der Waals surface area contributed by atoms with Crippen LogP contribution in [0.15, 0.2) is 12.4 Å². The Labute approximate surface area is 107 Å². The second kappa shape index (κ2) is 4.51. The number of carbonyl (C=O) groups excluding carboxylic acids is 1. The summed E-state index contributed by atoms with van der Waals surface area (Å²) in [6, 6.07) is 1.79. The standard InChI is InChI=1S/C9H7ClN4O3S/c10-18(16,17)7-1-9(15)14(5-7)8-4-12-6(2-11)3-13-8/h3-4,7H,1,5H2. The lowest BCUT2D eigenvalue weighted by atomic mass is 10.4. The second-order valence-corrected chi connectivity index (χ2v) is 6.59. The molecule has 94 valence electrons.